The Morgan fingerprint density at radius 1 is 1.50 bits per heavy atom. The molecule has 1 rings (SSSR count). The van der Waals surface area contributed by atoms with Crippen molar-refractivity contribution in [1.82, 2.24) is 14.8 Å². The van der Waals surface area contributed by atoms with Gasteiger partial charge in [-0.25, -0.2) is 0 Å². The maximum Gasteiger partial charge on any atom is 0.242 e. The summed E-state index contributed by atoms with van der Waals surface area (Å²) in [6.07, 6.45) is 3.09. The third-order valence-electron chi connectivity index (χ3n) is 3.21. The van der Waals surface area contributed by atoms with E-state index in [2.05, 4.69) is 25.2 Å². The van der Waals surface area contributed by atoms with Crippen LogP contribution in [0.5, 0.6) is 0 Å². The average molecular weight is 251 g/mol. The van der Waals surface area contributed by atoms with Crippen LogP contribution in [0.3, 0.4) is 0 Å². The minimum Gasteiger partial charge on any atom is -0.344 e. The highest BCUT2D eigenvalue weighted by atomic mass is 16.2. The van der Waals surface area contributed by atoms with E-state index in [1.165, 1.54) is 5.69 Å². The first-order chi connectivity index (χ1) is 8.60. The summed E-state index contributed by atoms with van der Waals surface area (Å²) in [6.45, 7) is 8.44. The lowest BCUT2D eigenvalue weighted by molar-refractivity contribution is -0.130. The van der Waals surface area contributed by atoms with Crippen LogP contribution in [0.4, 0.5) is 0 Å². The maximum absolute atomic E-state index is 11.9. The fraction of sp³-hybridized carbons (Fsp3) is 0.643. The van der Waals surface area contributed by atoms with Crippen LogP contribution in [0.15, 0.2) is 18.3 Å². The molecule has 1 heterocycles. The van der Waals surface area contributed by atoms with E-state index < -0.39 is 0 Å². The molecule has 1 aromatic heterocycles. The normalized spacial score (nSPS) is 12.4. The van der Waals surface area contributed by atoms with Crippen molar-refractivity contribution >= 4 is 5.91 Å². The second kappa shape index (κ2) is 7.21. The third kappa shape index (κ3) is 3.88. The van der Waals surface area contributed by atoms with Gasteiger partial charge in [-0.15, -0.1) is 0 Å². The molecule has 1 N–H and O–H groups in total. The molecule has 0 aliphatic rings. The highest BCUT2D eigenvalue weighted by Crippen LogP contribution is 2.13. The quantitative estimate of drug-likeness (QED) is 0.805. The third-order valence-corrected chi connectivity index (χ3v) is 3.21. The molecule has 0 spiro atoms. The molecule has 1 amide bonds. The molecule has 1 atom stereocenters. The second-order valence-electron chi connectivity index (χ2n) is 4.64. The molecule has 4 nitrogen and oxygen atoms in total. The monoisotopic (exact) mass is 251 g/mol. The van der Waals surface area contributed by atoms with Crippen molar-refractivity contribution < 1.29 is 4.79 Å². The highest BCUT2D eigenvalue weighted by molar-refractivity contribution is 5.75. The van der Waals surface area contributed by atoms with E-state index in [1.54, 1.807) is 4.90 Å². The molecule has 0 aliphatic heterocycles. The topological polar surface area (TPSA) is 37.3 Å². The van der Waals surface area contributed by atoms with Gasteiger partial charge < -0.3 is 14.8 Å². The molecule has 1 unspecified atom stereocenters. The summed E-state index contributed by atoms with van der Waals surface area (Å²) in [7, 11) is 1.84. The molecule has 1 aromatic rings. The maximum atomic E-state index is 11.9. The van der Waals surface area contributed by atoms with Gasteiger partial charge in [-0.3, -0.25) is 4.79 Å². The van der Waals surface area contributed by atoms with E-state index in [-0.39, 0.29) is 11.9 Å². The Bertz CT molecular complexity index is 373. The number of rotatable bonds is 7. The van der Waals surface area contributed by atoms with E-state index in [4.69, 9.17) is 0 Å². The van der Waals surface area contributed by atoms with Gasteiger partial charge >= 0.3 is 0 Å². The van der Waals surface area contributed by atoms with Crippen LogP contribution in [0.1, 0.15) is 38.9 Å². The van der Waals surface area contributed by atoms with Crippen LogP contribution < -0.4 is 5.32 Å². The van der Waals surface area contributed by atoms with Gasteiger partial charge in [-0.2, -0.15) is 0 Å². The Balaban J connectivity index is 2.67. The van der Waals surface area contributed by atoms with E-state index in [9.17, 15) is 4.79 Å². The van der Waals surface area contributed by atoms with Gasteiger partial charge in [0.1, 0.15) is 6.54 Å². The molecule has 102 valence electrons. The number of likely N-dealkylation sites (N-methyl/N-ethyl adjacent to an activating group) is 1. The lowest BCUT2D eigenvalue weighted by Crippen LogP contribution is -2.31. The zero-order valence-corrected chi connectivity index (χ0v) is 11.9. The average Bonchev–Trinajstić information content (AvgIpc) is 2.82. The molecule has 0 saturated carbocycles. The Kier molecular flexibility index (Phi) is 5.92. The van der Waals surface area contributed by atoms with Gasteiger partial charge in [0, 0.05) is 31.5 Å². The summed E-state index contributed by atoms with van der Waals surface area (Å²) in [5.41, 5.74) is 1.17. The summed E-state index contributed by atoms with van der Waals surface area (Å²) in [6, 6.07) is 4.35. The number of nitrogens with zero attached hydrogens (tertiary/aromatic N) is 2. The minimum absolute atomic E-state index is 0.151. The van der Waals surface area contributed by atoms with Crippen molar-refractivity contribution in [2.45, 2.75) is 39.8 Å². The smallest absolute Gasteiger partial charge is 0.242 e. The van der Waals surface area contributed by atoms with Crippen molar-refractivity contribution in [2.75, 3.05) is 20.1 Å². The first kappa shape index (κ1) is 14.8. The molecule has 4 heteroatoms. The van der Waals surface area contributed by atoms with E-state index in [0.717, 1.165) is 19.5 Å². The number of nitrogens with one attached hydrogen (secondary N) is 1. The van der Waals surface area contributed by atoms with Crippen molar-refractivity contribution in [3.63, 3.8) is 0 Å². The van der Waals surface area contributed by atoms with Crippen molar-refractivity contribution in [3.8, 4) is 0 Å². The molecular weight excluding hydrogens is 226 g/mol. The van der Waals surface area contributed by atoms with Crippen molar-refractivity contribution in [2.24, 2.45) is 0 Å². The van der Waals surface area contributed by atoms with Gasteiger partial charge in [-0.1, -0.05) is 6.92 Å². The number of hydrogen-bond acceptors (Lipinski definition) is 2. The van der Waals surface area contributed by atoms with Crippen LogP contribution in [0.25, 0.3) is 0 Å². The van der Waals surface area contributed by atoms with Gasteiger partial charge in [-0.05, 0) is 38.9 Å². The van der Waals surface area contributed by atoms with Gasteiger partial charge in [0.15, 0.2) is 0 Å². The standard InChI is InChI=1S/C14H25N3O/c1-5-9-15-12(3)13-8-7-10-17(13)11-14(18)16(4)6-2/h7-8,10,12,15H,5-6,9,11H2,1-4H3. The SMILES string of the molecule is CCCNC(C)c1cccn1CC(=O)N(C)CC. The van der Waals surface area contributed by atoms with Crippen LogP contribution in [-0.2, 0) is 11.3 Å². The molecule has 0 saturated heterocycles. The molecule has 0 aromatic carbocycles. The summed E-state index contributed by atoms with van der Waals surface area (Å²) < 4.78 is 2.03. The predicted octanol–water partition coefficient (Wildman–Crippen LogP) is 2.03. The fourth-order valence-corrected chi connectivity index (χ4v) is 1.87. The zero-order chi connectivity index (χ0) is 13.5. The predicted molar refractivity (Wildman–Crippen MR) is 74.5 cm³/mol. The number of carbonyl (C=O) groups excluding carboxylic acids is 1. The summed E-state index contributed by atoms with van der Waals surface area (Å²) >= 11 is 0. The Morgan fingerprint density at radius 3 is 2.83 bits per heavy atom. The Morgan fingerprint density at radius 2 is 2.22 bits per heavy atom. The number of carbonyl (C=O) groups is 1. The lowest BCUT2D eigenvalue weighted by atomic mass is 10.2. The summed E-state index contributed by atoms with van der Waals surface area (Å²) in [5, 5.41) is 3.45. The van der Waals surface area contributed by atoms with Crippen LogP contribution in [0, 0.1) is 0 Å². The number of aromatic nitrogens is 1. The van der Waals surface area contributed by atoms with E-state index in [0.29, 0.717) is 6.54 Å². The van der Waals surface area contributed by atoms with Gasteiger partial charge in [0.2, 0.25) is 5.91 Å². The van der Waals surface area contributed by atoms with E-state index in [1.807, 2.05) is 30.8 Å². The molecule has 0 aliphatic carbocycles. The van der Waals surface area contributed by atoms with Crippen LogP contribution in [-0.4, -0.2) is 35.5 Å². The van der Waals surface area contributed by atoms with Crippen molar-refractivity contribution in [1.29, 1.82) is 0 Å². The lowest BCUT2D eigenvalue weighted by Gasteiger charge is -2.19. The highest BCUT2D eigenvalue weighted by Gasteiger charge is 2.13. The van der Waals surface area contributed by atoms with Gasteiger partial charge in [0.25, 0.3) is 0 Å². The summed E-state index contributed by atoms with van der Waals surface area (Å²) in [5.74, 6) is 0.151. The first-order valence-electron chi connectivity index (χ1n) is 6.72. The zero-order valence-electron chi connectivity index (χ0n) is 11.9. The van der Waals surface area contributed by atoms with E-state index >= 15 is 0 Å². The molecule has 18 heavy (non-hydrogen) atoms. The number of hydrogen-bond donors (Lipinski definition) is 1. The second-order valence-corrected chi connectivity index (χ2v) is 4.64. The Hall–Kier alpha value is -1.29. The molecule has 0 bridgehead atoms. The summed E-state index contributed by atoms with van der Waals surface area (Å²) in [4.78, 5) is 13.7. The van der Waals surface area contributed by atoms with Crippen LogP contribution in [0.2, 0.25) is 0 Å². The van der Waals surface area contributed by atoms with Gasteiger partial charge in [0.05, 0.1) is 0 Å². The largest absolute Gasteiger partial charge is 0.344 e. The fourth-order valence-electron chi connectivity index (χ4n) is 1.87. The van der Waals surface area contributed by atoms with Crippen molar-refractivity contribution in [3.05, 3.63) is 24.0 Å². The number of amides is 1. The minimum atomic E-state index is 0.151. The Labute approximate surface area is 110 Å². The molecule has 0 radical (unpaired) electrons. The molecular formula is C14H25N3O. The first-order valence-corrected chi connectivity index (χ1v) is 6.72. The molecule has 0 fully saturated rings. The van der Waals surface area contributed by atoms with Crippen LogP contribution >= 0.6 is 0 Å².